The third-order valence-corrected chi connectivity index (χ3v) is 21.9. The number of carbonyl (C=O) groups excluding carboxylic acids is 3. The van der Waals surface area contributed by atoms with Gasteiger partial charge in [0.05, 0.1) is 78.4 Å². The van der Waals surface area contributed by atoms with E-state index in [9.17, 15) is 42.5 Å². The Bertz CT molecular complexity index is 4680. The Morgan fingerprint density at radius 1 is 0.495 bits per heavy atom. The third kappa shape index (κ3) is 28.0. The normalized spacial score (nSPS) is 13.4. The first-order valence-corrected chi connectivity index (χ1v) is 40.5. The number of hydrogen-bond acceptors (Lipinski definition) is 30. The Hall–Kier alpha value is -6.63. The number of aromatic nitrogens is 12. The monoisotopic (exact) mass is 1600 g/mol. The molecule has 0 fully saturated rings. The van der Waals surface area contributed by atoms with Gasteiger partial charge < -0.3 is 72.3 Å². The van der Waals surface area contributed by atoms with Crippen molar-refractivity contribution >= 4 is 160 Å². The molecule has 0 aliphatic heterocycles. The zero-order valence-electron chi connectivity index (χ0n) is 56.4. The van der Waals surface area contributed by atoms with Gasteiger partial charge in [-0.15, -0.1) is 0 Å². The number of nitrogen functional groups attached to an aromatic ring is 3. The first kappa shape index (κ1) is 83.6. The van der Waals surface area contributed by atoms with E-state index in [4.69, 9.17) is 93.4 Å². The smallest absolute Gasteiger partial charge is 0.356 e. The maximum absolute atomic E-state index is 13.4. The molecule has 6 heterocycles. The number of thioether (sulfide) groups is 3. The molecule has 0 radical (unpaired) electrons. The maximum atomic E-state index is 13.4. The quantitative estimate of drug-likeness (QED) is 0.0156. The molecule has 0 saturated heterocycles. The van der Waals surface area contributed by atoms with Crippen molar-refractivity contribution < 1.29 is 69.4 Å². The van der Waals surface area contributed by atoms with Crippen molar-refractivity contribution in [1.82, 2.24) is 58.6 Å². The van der Waals surface area contributed by atoms with Crippen molar-refractivity contribution in [1.29, 1.82) is 0 Å². The van der Waals surface area contributed by atoms with Crippen LogP contribution in [0.3, 0.4) is 0 Å². The van der Waals surface area contributed by atoms with E-state index in [1.165, 1.54) is 25.9 Å². The molecule has 0 aliphatic carbocycles. The summed E-state index contributed by atoms with van der Waals surface area (Å²) in [4.78, 5) is 102. The van der Waals surface area contributed by atoms with Crippen LogP contribution in [0.25, 0.3) is 33.5 Å². The summed E-state index contributed by atoms with van der Waals surface area (Å²) in [5.74, 6) is 0.939. The fourth-order valence-electron chi connectivity index (χ4n) is 8.48. The van der Waals surface area contributed by atoms with E-state index in [0.717, 1.165) is 52.0 Å². The molecule has 0 saturated carbocycles. The van der Waals surface area contributed by atoms with E-state index < -0.39 is 44.9 Å². The highest BCUT2D eigenvalue weighted by molar-refractivity contribution is 8.14. The average Bonchev–Trinajstić information content (AvgIpc) is 1.68. The van der Waals surface area contributed by atoms with E-state index >= 15 is 0 Å². The van der Waals surface area contributed by atoms with Crippen LogP contribution in [0, 0.1) is 5.41 Å². The maximum Gasteiger partial charge on any atom is 0.356 e. The lowest BCUT2D eigenvalue weighted by atomic mass is 10.00. The highest BCUT2D eigenvalue weighted by atomic mass is 35.5. The van der Waals surface area contributed by atoms with Crippen molar-refractivity contribution in [3.05, 3.63) is 155 Å². The van der Waals surface area contributed by atoms with Gasteiger partial charge in [0, 0.05) is 70.7 Å². The van der Waals surface area contributed by atoms with Gasteiger partial charge in [-0.1, -0.05) is 134 Å². The summed E-state index contributed by atoms with van der Waals surface area (Å²) >= 11 is 21.3. The number of imidazole rings is 3. The molecule has 42 heteroatoms. The lowest BCUT2D eigenvalue weighted by Gasteiger charge is -2.20. The van der Waals surface area contributed by atoms with Crippen LogP contribution in [0.5, 0.6) is 0 Å². The van der Waals surface area contributed by atoms with E-state index in [2.05, 4.69) is 44.9 Å². The second-order valence-electron chi connectivity index (χ2n) is 22.6. The van der Waals surface area contributed by atoms with E-state index in [-0.39, 0.29) is 148 Å². The number of aromatic amines is 3. The van der Waals surface area contributed by atoms with Crippen molar-refractivity contribution in [2.75, 3.05) is 93.1 Å². The number of benzene rings is 3. The molecule has 0 amide bonds. The molecule has 9 rings (SSSR count). The highest BCUT2D eigenvalue weighted by Gasteiger charge is 2.30. The first-order valence-electron chi connectivity index (χ1n) is 31.2. The number of nitrogens with one attached hydrogen (secondary N) is 3. The predicted octanol–water partition coefficient (Wildman–Crippen LogP) is 10.5. The number of nitrogens with zero attached hydrogens (tertiary/aromatic N) is 9. The molecular weight excluding hydrogens is 1530 g/mol. The van der Waals surface area contributed by atoms with Crippen LogP contribution in [-0.2, 0) is 109 Å². The molecule has 3 atom stereocenters. The molecule has 0 spiro atoms. The Labute approximate surface area is 617 Å². The second-order valence-corrected chi connectivity index (χ2v) is 33.4. The van der Waals surface area contributed by atoms with Crippen LogP contribution in [0.15, 0.2) is 106 Å². The van der Waals surface area contributed by atoms with Crippen LogP contribution in [0.2, 0.25) is 15.1 Å². The molecule has 0 bridgehead atoms. The lowest BCUT2D eigenvalue weighted by Crippen LogP contribution is -2.17. The van der Waals surface area contributed by atoms with E-state index in [0.29, 0.717) is 55.7 Å². The van der Waals surface area contributed by atoms with Gasteiger partial charge in [-0.2, -0.15) is 15.0 Å². The summed E-state index contributed by atoms with van der Waals surface area (Å²) in [6.07, 6.45) is 3.83. The Kier molecular flexibility index (Phi) is 33.1. The summed E-state index contributed by atoms with van der Waals surface area (Å²) in [5, 5.41) is 1.56. The number of rotatable bonds is 37. The van der Waals surface area contributed by atoms with Gasteiger partial charge in [-0.05, 0) is 53.1 Å². The fourth-order valence-corrected chi connectivity index (χ4v) is 15.2. The Balaban J connectivity index is 0.000000216. The summed E-state index contributed by atoms with van der Waals surface area (Å²) in [6.45, 7) is 10.1. The van der Waals surface area contributed by atoms with Crippen LogP contribution in [0.4, 0.5) is 17.8 Å². The summed E-state index contributed by atoms with van der Waals surface area (Å²) in [6, 6.07) is 20.9. The Morgan fingerprint density at radius 3 is 1.12 bits per heavy atom. The second kappa shape index (κ2) is 40.7. The van der Waals surface area contributed by atoms with Gasteiger partial charge in [0.15, 0.2) is 48.8 Å². The van der Waals surface area contributed by atoms with Crippen LogP contribution >= 0.6 is 92.9 Å². The summed E-state index contributed by atoms with van der Waals surface area (Å²) in [7, 11) is -11.0. The van der Waals surface area contributed by atoms with E-state index in [1.807, 2.05) is 20.8 Å². The number of nitrogens with two attached hydrogens (primary N) is 3. The van der Waals surface area contributed by atoms with Gasteiger partial charge in [0.1, 0.15) is 19.0 Å². The molecule has 6 aromatic heterocycles. The van der Waals surface area contributed by atoms with Crippen molar-refractivity contribution in [2.24, 2.45) is 5.41 Å². The summed E-state index contributed by atoms with van der Waals surface area (Å²) < 4.78 is 94.8. The van der Waals surface area contributed by atoms with Crippen molar-refractivity contribution in [3.8, 4) is 0 Å². The minimum Gasteiger partial charge on any atom is -0.369 e. The standard InChI is InChI=1S/C22H29ClN5O6PS.C20H25ClN5O6PS.C19H23ClN5O6PS/c1-22(2,3)20(30)36-10-9-33-35(31,34-12-15-5-4-6-16(23)11-15)14-32-8-7-28-13-25-17-18(28)26-21(24)27-19(17)29;1-2-16(27)34-9-8-31-33(29,32-11-14-4-3-5-15(21)10-14)13-30-7-6-26-12-23-17-18(26)24-20(22)25-19(17)28;1-13(26)33-8-7-30-32(28,31-10-14-3-2-4-15(20)9-14)12-29-6-5-25-11-22-16-17(25)23-19(21)24-18(16)27/h4-6,11,13H,7-10,12,14H2,1-3H3,(H3,24,26,27,29);3-5,10,12H,2,6-9,11,13H2,1H3,(H3,22,24,25,28);2-4,9,11H,5-8,10,12H2,1H3,(H3,21,23,24,27). The predicted molar refractivity (Wildman–Crippen MR) is 397 cm³/mol. The number of halogens is 3. The number of hydrogen-bond donors (Lipinski definition) is 6. The van der Waals surface area contributed by atoms with Crippen LogP contribution in [0.1, 0.15) is 57.7 Å². The number of anilines is 3. The Morgan fingerprint density at radius 2 is 0.816 bits per heavy atom. The van der Waals surface area contributed by atoms with Gasteiger partial charge >= 0.3 is 22.8 Å². The largest absolute Gasteiger partial charge is 0.369 e. The lowest BCUT2D eigenvalue weighted by molar-refractivity contribution is -0.117. The van der Waals surface area contributed by atoms with Gasteiger partial charge in [-0.3, -0.25) is 57.4 Å². The molecule has 103 heavy (non-hydrogen) atoms. The molecule has 3 unspecified atom stereocenters. The van der Waals surface area contributed by atoms with Crippen LogP contribution in [-0.4, -0.2) is 150 Å². The number of carbonyl (C=O) groups is 3. The average molecular weight is 1600 g/mol. The minimum atomic E-state index is -3.68. The molecule has 3 aromatic carbocycles. The van der Waals surface area contributed by atoms with Crippen molar-refractivity contribution in [3.63, 3.8) is 0 Å². The fraction of sp³-hybridized carbons (Fsp3) is 0.410. The third-order valence-electron chi connectivity index (χ3n) is 13.4. The van der Waals surface area contributed by atoms with Gasteiger partial charge in [-0.25, -0.2) is 15.0 Å². The zero-order valence-corrected chi connectivity index (χ0v) is 63.8. The molecule has 558 valence electrons. The van der Waals surface area contributed by atoms with Gasteiger partial charge in [0.2, 0.25) is 17.8 Å². The van der Waals surface area contributed by atoms with Crippen LogP contribution < -0.4 is 33.9 Å². The molecule has 0 aliphatic rings. The molecular formula is C61H77Cl3N15O18P3S3. The molecule has 9 N–H and O–H groups in total. The number of fused-ring (bicyclic) bond motifs is 3. The number of ether oxygens (including phenoxy) is 3. The van der Waals surface area contributed by atoms with Gasteiger partial charge in [0.25, 0.3) is 16.7 Å². The van der Waals surface area contributed by atoms with E-state index in [1.54, 1.807) is 93.4 Å². The van der Waals surface area contributed by atoms with Crippen molar-refractivity contribution in [2.45, 2.75) is 80.5 Å². The topological polar surface area (TPSA) is 454 Å². The number of H-pyrrole nitrogens is 3. The minimum absolute atomic E-state index is 0.00734. The zero-order chi connectivity index (χ0) is 74.7. The first-order chi connectivity index (χ1) is 49.0. The SMILES string of the molecule is CC(=O)SCCOP(=O)(COCCn1cnc2c(=O)[nH]c(N)nc21)OCc1cccc(Cl)c1.CC(C)(C)C(=O)SCCOP(=O)(COCCn1cnc2c(=O)[nH]c(N)nc21)OCc1cccc(Cl)c1.CCC(=O)SCCOP(=O)(COCCn1cnc2c(=O)[nH]c(N)nc21)OCc1cccc(Cl)c1. The molecule has 33 nitrogen and oxygen atoms in total. The highest BCUT2D eigenvalue weighted by Crippen LogP contribution is 2.51. The summed E-state index contributed by atoms with van der Waals surface area (Å²) in [5.41, 5.74) is 18.6. The molecule has 9 aromatic rings.